The van der Waals surface area contributed by atoms with Crippen molar-refractivity contribution in [3.05, 3.63) is 11.3 Å². The van der Waals surface area contributed by atoms with Crippen molar-refractivity contribution in [1.82, 2.24) is 20.2 Å². The van der Waals surface area contributed by atoms with Crippen LogP contribution in [0, 0.1) is 6.92 Å². The third-order valence-corrected chi connectivity index (χ3v) is 4.83. The Bertz CT molecular complexity index is 531. The van der Waals surface area contributed by atoms with Crippen LogP contribution in [0.5, 0.6) is 0 Å². The highest BCUT2D eigenvalue weighted by atomic mass is 32.2. The average molecular weight is 272 g/mol. The molecule has 0 aromatic carbocycles. The first kappa shape index (κ1) is 13.5. The molecule has 7 heteroatoms. The summed E-state index contributed by atoms with van der Waals surface area (Å²) >= 11 is 0. The lowest BCUT2D eigenvalue weighted by Crippen LogP contribution is -2.35. The Morgan fingerprint density at radius 2 is 2.11 bits per heavy atom. The molecule has 1 aliphatic carbocycles. The van der Waals surface area contributed by atoms with E-state index in [1.165, 1.54) is 0 Å². The molecule has 1 saturated carbocycles. The van der Waals surface area contributed by atoms with Crippen molar-refractivity contribution in [1.29, 1.82) is 0 Å². The van der Waals surface area contributed by atoms with Gasteiger partial charge in [0, 0.05) is 23.3 Å². The number of nitrogens with zero attached hydrogens (tertiary/aromatic N) is 1. The highest BCUT2D eigenvalue weighted by Crippen LogP contribution is 2.36. The van der Waals surface area contributed by atoms with Gasteiger partial charge in [0.05, 0.1) is 0 Å². The van der Waals surface area contributed by atoms with Crippen LogP contribution in [0.2, 0.25) is 0 Å². The minimum absolute atomic E-state index is 0.120. The van der Waals surface area contributed by atoms with Crippen molar-refractivity contribution in [3.8, 4) is 0 Å². The van der Waals surface area contributed by atoms with Gasteiger partial charge in [-0.1, -0.05) is 6.92 Å². The van der Waals surface area contributed by atoms with Crippen LogP contribution in [0.4, 0.5) is 0 Å². The van der Waals surface area contributed by atoms with Crippen LogP contribution >= 0.6 is 0 Å². The second kappa shape index (κ2) is 4.64. The van der Waals surface area contributed by atoms with E-state index in [-0.39, 0.29) is 10.6 Å². The van der Waals surface area contributed by atoms with Crippen molar-refractivity contribution >= 4 is 10.0 Å². The van der Waals surface area contributed by atoms with Gasteiger partial charge in [-0.15, -0.1) is 0 Å². The summed E-state index contributed by atoms with van der Waals surface area (Å²) < 4.78 is 27.2. The number of hydrogen-bond acceptors (Lipinski definition) is 4. The molecule has 0 radical (unpaired) electrons. The predicted molar refractivity (Wildman–Crippen MR) is 68.7 cm³/mol. The molecule has 1 heterocycles. The number of rotatable bonds is 6. The zero-order chi connectivity index (χ0) is 13.4. The first-order chi connectivity index (χ1) is 8.38. The van der Waals surface area contributed by atoms with Gasteiger partial charge in [0.1, 0.15) is 0 Å². The van der Waals surface area contributed by atoms with E-state index < -0.39 is 10.0 Å². The molecule has 0 saturated heterocycles. The quantitative estimate of drug-likeness (QED) is 0.710. The molecule has 0 amide bonds. The van der Waals surface area contributed by atoms with Gasteiger partial charge in [-0.2, -0.15) is 5.10 Å². The highest BCUT2D eigenvalue weighted by Gasteiger charge is 2.42. The van der Waals surface area contributed by atoms with Gasteiger partial charge < -0.3 is 5.32 Å². The molecule has 1 fully saturated rings. The molecule has 1 aliphatic rings. The summed E-state index contributed by atoms with van der Waals surface area (Å²) in [5.41, 5.74) is 1.23. The van der Waals surface area contributed by atoms with Gasteiger partial charge >= 0.3 is 0 Å². The van der Waals surface area contributed by atoms with Crippen LogP contribution in [0.1, 0.15) is 37.9 Å². The van der Waals surface area contributed by atoms with E-state index in [1.807, 2.05) is 20.8 Å². The minimum Gasteiger partial charge on any atom is -0.313 e. The highest BCUT2D eigenvalue weighted by molar-refractivity contribution is 7.89. The molecule has 3 N–H and O–H groups in total. The van der Waals surface area contributed by atoms with E-state index in [2.05, 4.69) is 20.2 Å². The lowest BCUT2D eigenvalue weighted by molar-refractivity contribution is 0.551. The Morgan fingerprint density at radius 1 is 1.44 bits per heavy atom. The third kappa shape index (κ3) is 2.73. The van der Waals surface area contributed by atoms with Crippen LogP contribution in [0.15, 0.2) is 5.03 Å². The maximum Gasteiger partial charge on any atom is 0.260 e. The Morgan fingerprint density at radius 3 is 2.67 bits per heavy atom. The van der Waals surface area contributed by atoms with E-state index in [0.717, 1.165) is 25.1 Å². The Labute approximate surface area is 108 Å². The summed E-state index contributed by atoms with van der Waals surface area (Å²) in [6, 6.07) is 0. The number of nitrogens with one attached hydrogen (secondary N) is 3. The molecule has 1 aromatic heterocycles. The molecular weight excluding hydrogens is 252 g/mol. The Kier molecular flexibility index (Phi) is 3.48. The smallest absolute Gasteiger partial charge is 0.260 e. The second-order valence-corrected chi connectivity index (χ2v) is 6.68. The van der Waals surface area contributed by atoms with Gasteiger partial charge in [0.2, 0.25) is 0 Å². The fourth-order valence-corrected chi connectivity index (χ4v) is 3.44. The number of aryl methyl sites for hydroxylation is 1. The van der Waals surface area contributed by atoms with Crippen molar-refractivity contribution in [2.45, 2.75) is 50.7 Å². The molecule has 0 spiro atoms. The van der Waals surface area contributed by atoms with Crippen molar-refractivity contribution in [2.24, 2.45) is 0 Å². The van der Waals surface area contributed by atoms with Crippen molar-refractivity contribution < 1.29 is 8.42 Å². The summed E-state index contributed by atoms with van der Waals surface area (Å²) in [7, 11) is -3.53. The van der Waals surface area contributed by atoms with E-state index in [9.17, 15) is 8.42 Å². The summed E-state index contributed by atoms with van der Waals surface area (Å²) in [5, 5.41) is 9.94. The van der Waals surface area contributed by atoms with E-state index in [1.54, 1.807) is 0 Å². The van der Waals surface area contributed by atoms with Crippen LogP contribution < -0.4 is 10.0 Å². The summed E-state index contributed by atoms with van der Waals surface area (Å²) in [6.07, 6.45) is 1.77. The van der Waals surface area contributed by atoms with Gasteiger partial charge in [-0.05, 0) is 33.2 Å². The van der Waals surface area contributed by atoms with E-state index in [4.69, 9.17) is 0 Å². The van der Waals surface area contributed by atoms with Crippen molar-refractivity contribution in [3.63, 3.8) is 0 Å². The topological polar surface area (TPSA) is 86.9 Å². The standard InChI is InChI=1S/C11H20N4O2S/c1-4-12-7-9-8(2)13-14-10(9)18(16,17)15-11(3)5-6-11/h12,15H,4-7H2,1-3H3,(H,13,14). The molecule has 0 atom stereocenters. The Hall–Kier alpha value is -0.920. The second-order valence-electron chi connectivity index (χ2n) is 5.08. The van der Waals surface area contributed by atoms with Crippen LogP contribution in [-0.2, 0) is 16.6 Å². The molecule has 1 aromatic rings. The zero-order valence-corrected chi connectivity index (χ0v) is 11.8. The summed E-state index contributed by atoms with van der Waals surface area (Å²) in [4.78, 5) is 0. The fourth-order valence-electron chi connectivity index (χ4n) is 1.77. The maximum absolute atomic E-state index is 12.3. The minimum atomic E-state index is -3.53. The summed E-state index contributed by atoms with van der Waals surface area (Å²) in [6.45, 7) is 7.01. The monoisotopic (exact) mass is 272 g/mol. The fraction of sp³-hybridized carbons (Fsp3) is 0.727. The SMILES string of the molecule is CCNCc1c(S(=O)(=O)NC2(C)CC2)n[nH]c1C. The van der Waals surface area contributed by atoms with E-state index in [0.29, 0.717) is 12.1 Å². The maximum atomic E-state index is 12.3. The number of sulfonamides is 1. The number of aromatic amines is 1. The molecule has 0 bridgehead atoms. The molecular formula is C11H20N4O2S. The first-order valence-corrected chi connectivity index (χ1v) is 7.65. The Balaban J connectivity index is 2.26. The molecule has 102 valence electrons. The van der Waals surface area contributed by atoms with Gasteiger partial charge in [-0.25, -0.2) is 13.1 Å². The number of aromatic nitrogens is 2. The predicted octanol–water partition coefficient (Wildman–Crippen LogP) is 0.658. The van der Waals surface area contributed by atoms with Crippen LogP contribution in [0.25, 0.3) is 0 Å². The molecule has 0 aliphatic heterocycles. The molecule has 6 nitrogen and oxygen atoms in total. The largest absolute Gasteiger partial charge is 0.313 e. The van der Waals surface area contributed by atoms with Crippen molar-refractivity contribution in [2.75, 3.05) is 6.54 Å². The molecule has 2 rings (SSSR count). The lowest BCUT2D eigenvalue weighted by Gasteiger charge is -2.11. The molecule has 18 heavy (non-hydrogen) atoms. The summed E-state index contributed by atoms with van der Waals surface area (Å²) in [5.74, 6) is 0. The normalized spacial score (nSPS) is 17.9. The zero-order valence-electron chi connectivity index (χ0n) is 11.0. The molecule has 0 unspecified atom stereocenters. The lowest BCUT2D eigenvalue weighted by atomic mass is 10.2. The number of H-pyrrole nitrogens is 1. The third-order valence-electron chi connectivity index (χ3n) is 3.22. The average Bonchev–Trinajstić information content (AvgIpc) is 2.86. The van der Waals surface area contributed by atoms with Crippen LogP contribution in [0.3, 0.4) is 0 Å². The van der Waals surface area contributed by atoms with Gasteiger partial charge in [-0.3, -0.25) is 5.10 Å². The van der Waals surface area contributed by atoms with E-state index >= 15 is 0 Å². The number of hydrogen-bond donors (Lipinski definition) is 3. The van der Waals surface area contributed by atoms with Gasteiger partial charge in [0.15, 0.2) is 5.03 Å². The van der Waals surface area contributed by atoms with Gasteiger partial charge in [0.25, 0.3) is 10.0 Å². The first-order valence-electron chi connectivity index (χ1n) is 6.16. The van der Waals surface area contributed by atoms with Crippen LogP contribution in [-0.4, -0.2) is 30.7 Å².